The third-order valence-electron chi connectivity index (χ3n) is 11.8. The molecule has 0 aromatic rings. The van der Waals surface area contributed by atoms with Gasteiger partial charge in [0.2, 0.25) is 0 Å². The molecule has 4 aliphatic carbocycles. The van der Waals surface area contributed by atoms with E-state index in [9.17, 15) is 14.4 Å². The van der Waals surface area contributed by atoms with E-state index < -0.39 is 0 Å². The van der Waals surface area contributed by atoms with E-state index in [2.05, 4.69) is 20.8 Å². The first-order chi connectivity index (χ1) is 20.8. The Bertz CT molecular complexity index is 725. The zero-order valence-electron chi connectivity index (χ0n) is 29.0. The molecule has 0 N–H and O–H groups in total. The number of ketones is 3. The molecule has 248 valence electrons. The fourth-order valence-electron chi connectivity index (χ4n) is 10.5. The van der Waals surface area contributed by atoms with Gasteiger partial charge in [-0.25, -0.2) is 0 Å². The van der Waals surface area contributed by atoms with Crippen LogP contribution in [-0.4, -0.2) is 17.3 Å². The molecule has 0 spiro atoms. The molecular formula is C40H70O3. The largest absolute Gasteiger partial charge is 0.300 e. The summed E-state index contributed by atoms with van der Waals surface area (Å²) in [6, 6.07) is 0. The van der Waals surface area contributed by atoms with Crippen molar-refractivity contribution >= 4 is 17.3 Å². The number of unbranched alkanes of at least 4 members (excludes halogenated alkanes) is 9. The molecule has 0 heterocycles. The summed E-state index contributed by atoms with van der Waals surface area (Å²) in [6.07, 6.45) is 33.9. The molecule has 0 aromatic heterocycles. The zero-order chi connectivity index (χ0) is 31.0. The van der Waals surface area contributed by atoms with Crippen molar-refractivity contribution in [3.05, 3.63) is 0 Å². The lowest BCUT2D eigenvalue weighted by atomic mass is 9.37. The molecule has 0 aromatic carbocycles. The first-order valence-corrected chi connectivity index (χ1v) is 19.3. The molecule has 4 rings (SSSR count). The molecule has 0 unspecified atom stereocenters. The molecule has 4 aliphatic rings. The Labute approximate surface area is 266 Å². The second kappa shape index (κ2) is 18.9. The van der Waals surface area contributed by atoms with Gasteiger partial charge in [-0.2, -0.15) is 0 Å². The van der Waals surface area contributed by atoms with E-state index in [4.69, 9.17) is 0 Å². The van der Waals surface area contributed by atoms with E-state index in [1.165, 1.54) is 116 Å². The van der Waals surface area contributed by atoms with Crippen molar-refractivity contribution in [3.63, 3.8) is 0 Å². The van der Waals surface area contributed by atoms with Crippen LogP contribution in [0.3, 0.4) is 0 Å². The van der Waals surface area contributed by atoms with Gasteiger partial charge in [0, 0.05) is 38.5 Å². The lowest BCUT2D eigenvalue weighted by molar-refractivity contribution is -0.169. The summed E-state index contributed by atoms with van der Waals surface area (Å²) >= 11 is 0. The van der Waals surface area contributed by atoms with Crippen LogP contribution in [0.4, 0.5) is 0 Å². The topological polar surface area (TPSA) is 51.2 Å². The lowest BCUT2D eigenvalue weighted by Gasteiger charge is -2.67. The highest BCUT2D eigenvalue weighted by Crippen LogP contribution is 2.73. The van der Waals surface area contributed by atoms with E-state index in [1.807, 2.05) is 0 Å². The highest BCUT2D eigenvalue weighted by Gasteiger charge is 2.62. The minimum Gasteiger partial charge on any atom is -0.300 e. The number of hydrogen-bond acceptors (Lipinski definition) is 3. The first-order valence-electron chi connectivity index (χ1n) is 19.3. The van der Waals surface area contributed by atoms with Crippen molar-refractivity contribution in [2.24, 2.45) is 22.2 Å². The second-order valence-electron chi connectivity index (χ2n) is 16.1. The van der Waals surface area contributed by atoms with Crippen molar-refractivity contribution in [1.82, 2.24) is 0 Å². The summed E-state index contributed by atoms with van der Waals surface area (Å²) in [5.41, 5.74) is 1.20. The van der Waals surface area contributed by atoms with Crippen LogP contribution >= 0.6 is 0 Å². The van der Waals surface area contributed by atoms with Crippen LogP contribution in [0, 0.1) is 22.2 Å². The maximum atomic E-state index is 12.7. The Morgan fingerprint density at radius 1 is 0.419 bits per heavy atom. The van der Waals surface area contributed by atoms with Crippen LogP contribution in [0.2, 0.25) is 0 Å². The quantitative estimate of drug-likeness (QED) is 0.0884. The summed E-state index contributed by atoms with van der Waals surface area (Å²) in [5, 5.41) is 0. The average molecular weight is 599 g/mol. The monoisotopic (exact) mass is 599 g/mol. The van der Waals surface area contributed by atoms with Crippen LogP contribution < -0.4 is 0 Å². The highest BCUT2D eigenvalue weighted by atomic mass is 16.1. The highest BCUT2D eigenvalue weighted by molar-refractivity contribution is 5.79. The standard InChI is InChI=1S/C40H70O3/c1-4-7-10-13-19-35(41)22-16-25-38-28-34-29-39(31-38,26-17-23-36(42)20-14-11-8-5-2)33-40(30-34,32-38)27-18-24-37(43)21-15-12-9-6-3/h34H,4-33H2,1-3H3. The molecule has 4 fully saturated rings. The fraction of sp³-hybridized carbons (Fsp3) is 0.925. The van der Waals surface area contributed by atoms with Gasteiger partial charge in [0.1, 0.15) is 17.3 Å². The first kappa shape index (κ1) is 36.5. The predicted octanol–water partition coefficient (Wildman–Crippen LogP) is 12.1. The van der Waals surface area contributed by atoms with E-state index in [0.29, 0.717) is 33.6 Å². The Kier molecular flexibility index (Phi) is 16.0. The molecule has 43 heavy (non-hydrogen) atoms. The maximum Gasteiger partial charge on any atom is 0.132 e. The van der Waals surface area contributed by atoms with Crippen molar-refractivity contribution in [3.8, 4) is 0 Å². The minimum atomic E-state index is 0.399. The maximum absolute atomic E-state index is 12.7. The predicted molar refractivity (Wildman–Crippen MR) is 181 cm³/mol. The number of hydrogen-bond donors (Lipinski definition) is 0. The van der Waals surface area contributed by atoms with Gasteiger partial charge in [-0.15, -0.1) is 0 Å². The molecule has 0 saturated heterocycles. The molecule has 0 atom stereocenters. The summed E-state index contributed by atoms with van der Waals surface area (Å²) < 4.78 is 0. The molecule has 0 amide bonds. The molecule has 3 nitrogen and oxygen atoms in total. The van der Waals surface area contributed by atoms with Crippen molar-refractivity contribution in [1.29, 1.82) is 0 Å². The van der Waals surface area contributed by atoms with Crippen LogP contribution in [0.15, 0.2) is 0 Å². The molecule has 0 radical (unpaired) electrons. The Morgan fingerprint density at radius 3 is 0.977 bits per heavy atom. The SMILES string of the molecule is CCCCCCC(=O)CCCC12CC3CC(CCCC(=O)CCCCCC)(C1)CC(CCCC(=O)CCCCCC)(C3)C2. The van der Waals surface area contributed by atoms with Crippen molar-refractivity contribution < 1.29 is 14.4 Å². The van der Waals surface area contributed by atoms with Crippen molar-refractivity contribution in [2.45, 2.75) is 213 Å². The Morgan fingerprint density at radius 2 is 0.698 bits per heavy atom. The van der Waals surface area contributed by atoms with Gasteiger partial charge in [-0.1, -0.05) is 78.6 Å². The van der Waals surface area contributed by atoms with Gasteiger partial charge in [0.15, 0.2) is 0 Å². The number of Topliss-reactive ketones (excluding diaryl/α,β-unsaturated/α-hetero) is 3. The van der Waals surface area contributed by atoms with Gasteiger partial charge in [-0.3, -0.25) is 14.4 Å². The van der Waals surface area contributed by atoms with Crippen LogP contribution in [-0.2, 0) is 14.4 Å². The third kappa shape index (κ3) is 12.4. The van der Waals surface area contributed by atoms with Crippen LogP contribution in [0.1, 0.15) is 213 Å². The van der Waals surface area contributed by atoms with Crippen molar-refractivity contribution in [2.75, 3.05) is 0 Å². The summed E-state index contributed by atoms with van der Waals surface area (Å²) in [5.74, 6) is 2.27. The molecule has 0 aliphatic heterocycles. The van der Waals surface area contributed by atoms with Crippen LogP contribution in [0.5, 0.6) is 0 Å². The third-order valence-corrected chi connectivity index (χ3v) is 11.8. The van der Waals surface area contributed by atoms with Gasteiger partial charge >= 0.3 is 0 Å². The summed E-state index contributed by atoms with van der Waals surface area (Å²) in [7, 11) is 0. The van der Waals surface area contributed by atoms with Gasteiger partial charge in [0.25, 0.3) is 0 Å². The minimum absolute atomic E-state index is 0.399. The van der Waals surface area contributed by atoms with Crippen LogP contribution in [0.25, 0.3) is 0 Å². The zero-order valence-corrected chi connectivity index (χ0v) is 29.0. The Balaban J connectivity index is 1.58. The van der Waals surface area contributed by atoms with Gasteiger partial charge < -0.3 is 0 Å². The van der Waals surface area contributed by atoms with E-state index >= 15 is 0 Å². The smallest absolute Gasteiger partial charge is 0.132 e. The summed E-state index contributed by atoms with van der Waals surface area (Å²) in [4.78, 5) is 38.1. The summed E-state index contributed by atoms with van der Waals surface area (Å²) in [6.45, 7) is 6.68. The Hall–Kier alpha value is -0.990. The number of rotatable bonds is 27. The molecule has 4 bridgehead atoms. The van der Waals surface area contributed by atoms with E-state index in [0.717, 1.165) is 83.0 Å². The van der Waals surface area contributed by atoms with E-state index in [-0.39, 0.29) is 0 Å². The second-order valence-corrected chi connectivity index (χ2v) is 16.1. The average Bonchev–Trinajstić information content (AvgIpc) is 2.95. The van der Waals surface area contributed by atoms with E-state index in [1.54, 1.807) is 0 Å². The molecular weight excluding hydrogens is 528 g/mol. The fourth-order valence-corrected chi connectivity index (χ4v) is 10.5. The lowest BCUT2D eigenvalue weighted by Crippen LogP contribution is -2.56. The normalized spacial score (nSPS) is 27.6. The van der Waals surface area contributed by atoms with Gasteiger partial charge in [0.05, 0.1) is 0 Å². The number of carbonyl (C=O) groups excluding carboxylic acids is 3. The molecule has 3 heteroatoms. The number of carbonyl (C=O) groups is 3. The molecule has 4 saturated carbocycles. The van der Waals surface area contributed by atoms with Gasteiger partial charge in [-0.05, 0) is 118 Å².